The molecule has 0 fully saturated rings. The maximum Gasteiger partial charge on any atom is 0.416 e. The fourth-order valence-electron chi connectivity index (χ4n) is 4.15. The van der Waals surface area contributed by atoms with Crippen LogP contribution in [0.4, 0.5) is 19.0 Å². The predicted molar refractivity (Wildman–Crippen MR) is 121 cm³/mol. The monoisotopic (exact) mass is 455 g/mol. The highest BCUT2D eigenvalue weighted by atomic mass is 19.4. The summed E-state index contributed by atoms with van der Waals surface area (Å²) in [6, 6.07) is 10.6. The Labute approximate surface area is 189 Å². The Morgan fingerprint density at radius 2 is 1.97 bits per heavy atom. The first-order valence-electron chi connectivity index (χ1n) is 10.8. The number of hydrogen-bond donors (Lipinski definition) is 2. The molecular formula is C25H24F3N3O2. The Morgan fingerprint density at radius 1 is 1.18 bits per heavy atom. The SMILES string of the molecule is Cc1nc(N[C@H](C)c2cccc(C(F)(F)F)c2)c2cc(C3=CCC(C(=O)O)CC3)ccc2n1. The summed E-state index contributed by atoms with van der Waals surface area (Å²) in [4.78, 5) is 20.2. The Hall–Kier alpha value is -3.42. The Morgan fingerprint density at radius 3 is 2.64 bits per heavy atom. The van der Waals surface area contributed by atoms with Gasteiger partial charge in [0.1, 0.15) is 11.6 Å². The van der Waals surface area contributed by atoms with Gasteiger partial charge in [-0.2, -0.15) is 13.2 Å². The van der Waals surface area contributed by atoms with Crippen LogP contribution >= 0.6 is 0 Å². The number of fused-ring (bicyclic) bond motifs is 1. The van der Waals surface area contributed by atoms with Crippen molar-refractivity contribution in [2.24, 2.45) is 5.92 Å². The Balaban J connectivity index is 1.66. The van der Waals surface area contributed by atoms with Crippen LogP contribution in [0.15, 0.2) is 48.5 Å². The number of aromatic nitrogens is 2. The van der Waals surface area contributed by atoms with Crippen molar-refractivity contribution < 1.29 is 23.1 Å². The zero-order valence-corrected chi connectivity index (χ0v) is 18.3. The largest absolute Gasteiger partial charge is 0.481 e. The van der Waals surface area contributed by atoms with Crippen LogP contribution in [0.25, 0.3) is 16.5 Å². The molecule has 2 aromatic carbocycles. The second-order valence-electron chi connectivity index (χ2n) is 8.38. The van der Waals surface area contributed by atoms with Gasteiger partial charge in [-0.05, 0) is 74.1 Å². The summed E-state index contributed by atoms with van der Waals surface area (Å²) >= 11 is 0. The lowest BCUT2D eigenvalue weighted by molar-refractivity contribution is -0.142. The Kier molecular flexibility index (Phi) is 6.10. The number of aliphatic carboxylic acids is 1. The Bertz CT molecular complexity index is 1240. The molecule has 1 aromatic heterocycles. The third-order valence-electron chi connectivity index (χ3n) is 6.01. The number of halogens is 3. The first-order valence-corrected chi connectivity index (χ1v) is 10.8. The fourth-order valence-corrected chi connectivity index (χ4v) is 4.15. The van der Waals surface area contributed by atoms with Gasteiger partial charge in [0.15, 0.2) is 0 Å². The van der Waals surface area contributed by atoms with Gasteiger partial charge in [-0.3, -0.25) is 4.79 Å². The third kappa shape index (κ3) is 4.99. The number of nitrogens with one attached hydrogen (secondary N) is 1. The molecule has 172 valence electrons. The molecule has 0 amide bonds. The van der Waals surface area contributed by atoms with Gasteiger partial charge in [0.25, 0.3) is 0 Å². The molecule has 33 heavy (non-hydrogen) atoms. The van der Waals surface area contributed by atoms with Crippen molar-refractivity contribution in [2.75, 3.05) is 5.32 Å². The molecule has 2 atom stereocenters. The molecule has 0 saturated carbocycles. The molecule has 1 aliphatic rings. The van der Waals surface area contributed by atoms with Crippen LogP contribution in [-0.4, -0.2) is 21.0 Å². The molecule has 0 bridgehead atoms. The summed E-state index contributed by atoms with van der Waals surface area (Å²) < 4.78 is 39.4. The first-order chi connectivity index (χ1) is 15.6. The number of rotatable bonds is 5. The van der Waals surface area contributed by atoms with Gasteiger partial charge in [-0.1, -0.05) is 24.3 Å². The van der Waals surface area contributed by atoms with E-state index in [2.05, 4.69) is 15.3 Å². The molecule has 1 heterocycles. The number of nitrogens with zero attached hydrogens (tertiary/aromatic N) is 2. The minimum Gasteiger partial charge on any atom is -0.481 e. The van der Waals surface area contributed by atoms with Crippen molar-refractivity contribution in [2.45, 2.75) is 45.3 Å². The number of alkyl halides is 3. The van der Waals surface area contributed by atoms with E-state index in [0.29, 0.717) is 36.5 Å². The summed E-state index contributed by atoms with van der Waals surface area (Å²) in [5.74, 6) is -0.0345. The summed E-state index contributed by atoms with van der Waals surface area (Å²) in [5.41, 5.74) is 2.58. The van der Waals surface area contributed by atoms with Crippen LogP contribution in [0.5, 0.6) is 0 Å². The number of anilines is 1. The topological polar surface area (TPSA) is 75.1 Å². The summed E-state index contributed by atoms with van der Waals surface area (Å²) in [5, 5.41) is 13.2. The van der Waals surface area contributed by atoms with Gasteiger partial charge in [0.05, 0.1) is 17.0 Å². The summed E-state index contributed by atoms with van der Waals surface area (Å²) in [6.07, 6.45) is -0.697. The minimum atomic E-state index is -4.41. The van der Waals surface area contributed by atoms with E-state index >= 15 is 0 Å². The van der Waals surface area contributed by atoms with E-state index in [-0.39, 0.29) is 5.92 Å². The van der Waals surface area contributed by atoms with E-state index in [9.17, 15) is 23.1 Å². The molecule has 5 nitrogen and oxygen atoms in total. The van der Waals surface area contributed by atoms with Gasteiger partial charge in [0, 0.05) is 11.4 Å². The lowest BCUT2D eigenvalue weighted by Crippen LogP contribution is -2.15. The quantitative estimate of drug-likeness (QED) is 0.466. The molecule has 4 rings (SSSR count). The third-order valence-corrected chi connectivity index (χ3v) is 6.01. The zero-order chi connectivity index (χ0) is 23.8. The second kappa shape index (κ2) is 8.84. The van der Waals surface area contributed by atoms with Gasteiger partial charge in [0.2, 0.25) is 0 Å². The van der Waals surface area contributed by atoms with E-state index in [4.69, 9.17) is 0 Å². The number of carbonyl (C=O) groups is 1. The van der Waals surface area contributed by atoms with Gasteiger partial charge in [-0.25, -0.2) is 9.97 Å². The maximum absolute atomic E-state index is 13.1. The summed E-state index contributed by atoms with van der Waals surface area (Å²) in [6.45, 7) is 3.56. The van der Waals surface area contributed by atoms with Gasteiger partial charge < -0.3 is 10.4 Å². The van der Waals surface area contributed by atoms with Gasteiger partial charge >= 0.3 is 12.1 Å². The summed E-state index contributed by atoms with van der Waals surface area (Å²) in [7, 11) is 0. The predicted octanol–water partition coefficient (Wildman–Crippen LogP) is 6.40. The van der Waals surface area contributed by atoms with Gasteiger partial charge in [-0.15, -0.1) is 0 Å². The average Bonchev–Trinajstić information content (AvgIpc) is 2.78. The molecule has 0 spiro atoms. The molecule has 1 unspecified atom stereocenters. The maximum atomic E-state index is 13.1. The molecule has 2 N–H and O–H groups in total. The average molecular weight is 455 g/mol. The smallest absolute Gasteiger partial charge is 0.416 e. The van der Waals surface area contributed by atoms with E-state index in [1.807, 2.05) is 24.3 Å². The van der Waals surface area contributed by atoms with E-state index in [0.717, 1.165) is 34.2 Å². The molecule has 1 aliphatic carbocycles. The standard InChI is InChI=1S/C25H24F3N3O2/c1-14(18-4-3-5-20(12-18)25(26,27)28)29-23-21-13-19(10-11-22(21)30-15(2)31-23)16-6-8-17(9-7-16)24(32)33/h3-6,10-14,17H,7-9H2,1-2H3,(H,32,33)(H,29,30,31)/t14-,17?/m1/s1. The van der Waals surface area contributed by atoms with Crippen LogP contribution in [-0.2, 0) is 11.0 Å². The van der Waals surface area contributed by atoms with Crippen molar-refractivity contribution >= 4 is 28.3 Å². The molecule has 3 aromatic rings. The first kappa shape index (κ1) is 22.8. The van der Waals surface area contributed by atoms with Crippen LogP contribution in [0.3, 0.4) is 0 Å². The molecule has 0 saturated heterocycles. The number of benzene rings is 2. The van der Waals surface area contributed by atoms with Crippen molar-refractivity contribution in [1.82, 2.24) is 9.97 Å². The fraction of sp³-hybridized carbons (Fsp3) is 0.320. The van der Waals surface area contributed by atoms with E-state index < -0.39 is 23.8 Å². The van der Waals surface area contributed by atoms with Crippen molar-refractivity contribution in [3.63, 3.8) is 0 Å². The second-order valence-corrected chi connectivity index (χ2v) is 8.38. The van der Waals surface area contributed by atoms with Crippen LogP contribution in [0.1, 0.15) is 54.7 Å². The van der Waals surface area contributed by atoms with Crippen molar-refractivity contribution in [3.8, 4) is 0 Å². The van der Waals surface area contributed by atoms with Crippen LogP contribution in [0, 0.1) is 12.8 Å². The number of hydrogen-bond acceptors (Lipinski definition) is 4. The van der Waals surface area contributed by atoms with Crippen molar-refractivity contribution in [1.29, 1.82) is 0 Å². The van der Waals surface area contributed by atoms with E-state index in [1.165, 1.54) is 6.07 Å². The van der Waals surface area contributed by atoms with E-state index in [1.54, 1.807) is 19.9 Å². The normalized spacial score (nSPS) is 17.5. The zero-order valence-electron chi connectivity index (χ0n) is 18.3. The number of carboxylic acids is 1. The minimum absolute atomic E-state index is 0.356. The molecule has 0 radical (unpaired) electrons. The van der Waals surface area contributed by atoms with Crippen molar-refractivity contribution in [3.05, 3.63) is 71.1 Å². The lowest BCUT2D eigenvalue weighted by atomic mass is 9.86. The highest BCUT2D eigenvalue weighted by Crippen LogP contribution is 2.34. The highest BCUT2D eigenvalue weighted by molar-refractivity contribution is 5.92. The highest BCUT2D eigenvalue weighted by Gasteiger charge is 2.30. The molecule has 8 heteroatoms. The number of carboxylic acid groups (broad SMARTS) is 1. The lowest BCUT2D eigenvalue weighted by Gasteiger charge is -2.20. The number of allylic oxidation sites excluding steroid dienone is 2. The molecular weight excluding hydrogens is 431 g/mol. The van der Waals surface area contributed by atoms with Crippen LogP contribution < -0.4 is 5.32 Å². The van der Waals surface area contributed by atoms with Crippen LogP contribution in [0.2, 0.25) is 0 Å². The number of aryl methyl sites for hydroxylation is 1. The molecule has 0 aliphatic heterocycles.